The quantitative estimate of drug-likeness (QED) is 0.470. The zero-order valence-electron chi connectivity index (χ0n) is 18.0. The second-order valence-electron chi connectivity index (χ2n) is 7.71. The molecule has 0 aliphatic carbocycles. The van der Waals surface area contributed by atoms with Crippen molar-refractivity contribution in [1.29, 1.82) is 0 Å². The van der Waals surface area contributed by atoms with E-state index in [1.807, 2.05) is 46.7 Å². The number of carbonyl (C=O) groups excluding carboxylic acids is 2. The van der Waals surface area contributed by atoms with E-state index < -0.39 is 0 Å². The van der Waals surface area contributed by atoms with E-state index >= 15 is 0 Å². The van der Waals surface area contributed by atoms with Crippen molar-refractivity contribution in [2.24, 2.45) is 5.92 Å². The number of amides is 2. The maximum Gasteiger partial charge on any atom is 0.242 e. The van der Waals surface area contributed by atoms with Gasteiger partial charge >= 0.3 is 0 Å². The summed E-state index contributed by atoms with van der Waals surface area (Å²) in [5.41, 5.74) is 1.10. The third-order valence-corrected chi connectivity index (χ3v) is 6.01. The van der Waals surface area contributed by atoms with E-state index in [0.717, 1.165) is 29.7 Å². The first-order valence-electron chi connectivity index (χ1n) is 10.6. The Bertz CT molecular complexity index is 731. The van der Waals surface area contributed by atoms with Crippen LogP contribution in [0, 0.1) is 5.92 Å². The van der Waals surface area contributed by atoms with Crippen LogP contribution in [0.1, 0.15) is 56.9 Å². The first kappa shape index (κ1) is 23.1. The number of thiophene rings is 1. The average molecular weight is 415 g/mol. The van der Waals surface area contributed by atoms with Gasteiger partial charge in [-0.1, -0.05) is 70.0 Å². The van der Waals surface area contributed by atoms with Gasteiger partial charge < -0.3 is 9.80 Å². The molecule has 158 valence electrons. The Labute approximate surface area is 179 Å². The predicted molar refractivity (Wildman–Crippen MR) is 121 cm³/mol. The van der Waals surface area contributed by atoms with E-state index in [2.05, 4.69) is 26.8 Å². The molecule has 29 heavy (non-hydrogen) atoms. The monoisotopic (exact) mass is 414 g/mol. The summed E-state index contributed by atoms with van der Waals surface area (Å²) in [6.07, 6.45) is 3.36. The van der Waals surface area contributed by atoms with E-state index in [4.69, 9.17) is 0 Å². The number of hydrogen-bond acceptors (Lipinski definition) is 3. The standard InChI is InChI=1S/C24H34N2O2S/c1-4-6-14-23(27)25(16-20(3)5-2)19-24(28)26(18-22-13-10-15-29-22)17-21-11-8-7-9-12-21/h7-13,15,20H,4-6,14,16-19H2,1-3H3/t20-/m1/s1. The van der Waals surface area contributed by atoms with Gasteiger partial charge in [0.05, 0.1) is 13.1 Å². The lowest BCUT2D eigenvalue weighted by atomic mass is 10.1. The van der Waals surface area contributed by atoms with E-state index in [0.29, 0.717) is 32.0 Å². The molecule has 0 saturated heterocycles. The fourth-order valence-corrected chi connectivity index (χ4v) is 3.86. The van der Waals surface area contributed by atoms with Crippen molar-refractivity contribution < 1.29 is 9.59 Å². The van der Waals surface area contributed by atoms with Gasteiger partial charge in [0.1, 0.15) is 0 Å². The Morgan fingerprint density at radius 1 is 0.966 bits per heavy atom. The fraction of sp³-hybridized carbons (Fsp3) is 0.500. The van der Waals surface area contributed by atoms with Crippen molar-refractivity contribution in [3.8, 4) is 0 Å². The molecule has 0 unspecified atom stereocenters. The molecule has 2 aromatic rings. The van der Waals surface area contributed by atoms with Gasteiger partial charge in [-0.15, -0.1) is 11.3 Å². The third-order valence-electron chi connectivity index (χ3n) is 5.15. The Kier molecular flexibility index (Phi) is 9.92. The molecule has 0 aliphatic rings. The summed E-state index contributed by atoms with van der Waals surface area (Å²) in [5, 5.41) is 2.03. The summed E-state index contributed by atoms with van der Waals surface area (Å²) in [6.45, 7) is 8.27. The van der Waals surface area contributed by atoms with Gasteiger partial charge in [-0.05, 0) is 29.3 Å². The van der Waals surface area contributed by atoms with Crippen molar-refractivity contribution in [3.05, 3.63) is 58.3 Å². The summed E-state index contributed by atoms with van der Waals surface area (Å²) in [6, 6.07) is 14.1. The molecule has 1 aromatic heterocycles. The van der Waals surface area contributed by atoms with Crippen LogP contribution in [0.3, 0.4) is 0 Å². The van der Waals surface area contributed by atoms with Gasteiger partial charge in [-0.25, -0.2) is 0 Å². The molecule has 0 aliphatic heterocycles. The number of rotatable bonds is 12. The molecule has 1 atom stereocenters. The maximum atomic E-state index is 13.3. The minimum atomic E-state index is 0.00963. The second-order valence-corrected chi connectivity index (χ2v) is 8.74. The molecule has 1 heterocycles. The largest absolute Gasteiger partial charge is 0.333 e. The second kappa shape index (κ2) is 12.4. The lowest BCUT2D eigenvalue weighted by Crippen LogP contribution is -2.44. The molecular formula is C24H34N2O2S. The Morgan fingerprint density at radius 2 is 1.72 bits per heavy atom. The lowest BCUT2D eigenvalue weighted by molar-refractivity contribution is -0.141. The zero-order chi connectivity index (χ0) is 21.1. The van der Waals surface area contributed by atoms with Crippen molar-refractivity contribution in [2.75, 3.05) is 13.1 Å². The van der Waals surface area contributed by atoms with Crippen molar-refractivity contribution in [1.82, 2.24) is 9.80 Å². The van der Waals surface area contributed by atoms with Crippen LogP contribution in [-0.2, 0) is 22.7 Å². The minimum Gasteiger partial charge on any atom is -0.333 e. The SMILES string of the molecule is CCCCC(=O)N(CC(=O)N(Cc1ccccc1)Cc1cccs1)C[C@H](C)CC. The number of hydrogen-bond donors (Lipinski definition) is 0. The summed E-state index contributed by atoms with van der Waals surface area (Å²) >= 11 is 1.66. The molecule has 1 aromatic carbocycles. The molecule has 0 N–H and O–H groups in total. The third kappa shape index (κ3) is 8.01. The smallest absolute Gasteiger partial charge is 0.242 e. The van der Waals surface area contributed by atoms with Crippen LogP contribution in [0.4, 0.5) is 0 Å². The molecule has 0 saturated carbocycles. The Balaban J connectivity index is 2.13. The zero-order valence-corrected chi connectivity index (χ0v) is 18.8. The van der Waals surface area contributed by atoms with Crippen LogP contribution in [0.5, 0.6) is 0 Å². The van der Waals surface area contributed by atoms with Crippen LogP contribution >= 0.6 is 11.3 Å². The first-order valence-corrected chi connectivity index (χ1v) is 11.5. The van der Waals surface area contributed by atoms with Crippen molar-refractivity contribution in [3.63, 3.8) is 0 Å². The Morgan fingerprint density at radius 3 is 2.34 bits per heavy atom. The maximum absolute atomic E-state index is 13.3. The summed E-state index contributed by atoms with van der Waals surface area (Å²) in [4.78, 5) is 30.8. The highest BCUT2D eigenvalue weighted by molar-refractivity contribution is 7.09. The van der Waals surface area contributed by atoms with E-state index in [1.54, 1.807) is 16.2 Å². The van der Waals surface area contributed by atoms with Gasteiger partial charge in [-0.2, -0.15) is 0 Å². The molecule has 0 spiro atoms. The van der Waals surface area contributed by atoms with Crippen LogP contribution in [0.2, 0.25) is 0 Å². The minimum absolute atomic E-state index is 0.00963. The van der Waals surface area contributed by atoms with Gasteiger partial charge in [0.25, 0.3) is 0 Å². The van der Waals surface area contributed by atoms with Crippen LogP contribution < -0.4 is 0 Å². The highest BCUT2D eigenvalue weighted by Crippen LogP contribution is 2.16. The lowest BCUT2D eigenvalue weighted by Gasteiger charge is -2.29. The molecule has 2 amide bonds. The van der Waals surface area contributed by atoms with E-state index in [9.17, 15) is 9.59 Å². The number of unbranched alkanes of at least 4 members (excludes halogenated alkanes) is 1. The molecule has 0 fully saturated rings. The number of benzene rings is 1. The predicted octanol–water partition coefficient (Wildman–Crippen LogP) is 5.34. The molecular weight excluding hydrogens is 380 g/mol. The number of carbonyl (C=O) groups is 2. The van der Waals surface area contributed by atoms with Crippen LogP contribution in [0.25, 0.3) is 0 Å². The van der Waals surface area contributed by atoms with Gasteiger partial charge in [0.2, 0.25) is 11.8 Å². The van der Waals surface area contributed by atoms with Crippen molar-refractivity contribution >= 4 is 23.2 Å². The summed E-state index contributed by atoms with van der Waals surface area (Å²) in [5.74, 6) is 0.486. The topological polar surface area (TPSA) is 40.6 Å². The van der Waals surface area contributed by atoms with Crippen molar-refractivity contribution in [2.45, 2.75) is 59.5 Å². The Hall–Kier alpha value is -2.14. The van der Waals surface area contributed by atoms with Crippen LogP contribution in [-0.4, -0.2) is 34.7 Å². The molecule has 0 bridgehead atoms. The van der Waals surface area contributed by atoms with E-state index in [-0.39, 0.29) is 18.4 Å². The van der Waals surface area contributed by atoms with Crippen LogP contribution in [0.15, 0.2) is 47.8 Å². The highest BCUT2D eigenvalue weighted by atomic mass is 32.1. The van der Waals surface area contributed by atoms with E-state index in [1.165, 1.54) is 0 Å². The van der Waals surface area contributed by atoms with Gasteiger partial charge in [0, 0.05) is 24.4 Å². The molecule has 4 nitrogen and oxygen atoms in total. The van der Waals surface area contributed by atoms with Gasteiger partial charge in [0.15, 0.2) is 0 Å². The highest BCUT2D eigenvalue weighted by Gasteiger charge is 2.23. The summed E-state index contributed by atoms with van der Waals surface area (Å²) < 4.78 is 0. The average Bonchev–Trinajstić information content (AvgIpc) is 3.24. The molecule has 5 heteroatoms. The first-order chi connectivity index (χ1) is 14.0. The molecule has 0 radical (unpaired) electrons. The number of nitrogens with zero attached hydrogens (tertiary/aromatic N) is 2. The van der Waals surface area contributed by atoms with Gasteiger partial charge in [-0.3, -0.25) is 9.59 Å². The summed E-state index contributed by atoms with van der Waals surface area (Å²) in [7, 11) is 0. The normalized spacial score (nSPS) is 11.8. The fourth-order valence-electron chi connectivity index (χ4n) is 3.14. The molecule has 2 rings (SSSR count).